The lowest BCUT2D eigenvalue weighted by atomic mass is 9.99. The molecule has 2 aromatic carbocycles. The molecule has 0 radical (unpaired) electrons. The van der Waals surface area contributed by atoms with Crippen LogP contribution in [0.2, 0.25) is 0 Å². The first kappa shape index (κ1) is 26.7. The second-order valence-corrected chi connectivity index (χ2v) is 8.42. The van der Waals surface area contributed by atoms with Crippen molar-refractivity contribution in [3.63, 3.8) is 0 Å². The molecule has 2 rings (SSSR count). The maximum absolute atomic E-state index is 11.6. The molecule has 0 aliphatic heterocycles. The van der Waals surface area contributed by atoms with Gasteiger partial charge in [-0.15, -0.1) is 0 Å². The number of carbonyl (C=O) groups excluding carboxylic acids is 1. The van der Waals surface area contributed by atoms with Gasteiger partial charge in [-0.25, -0.2) is 0 Å². The minimum Gasteiger partial charge on any atom is -0.545 e. The SMILES string of the molecule is CCCCCCCCCCOc1ccc(C(=O)[O-])c(-c2ccc(OC[C@H](C)OCC)cc2)c1. The molecule has 0 spiro atoms. The van der Waals surface area contributed by atoms with Crippen molar-refractivity contribution in [3.8, 4) is 22.6 Å². The van der Waals surface area contributed by atoms with E-state index in [1.807, 2.05) is 38.1 Å². The molecule has 0 aliphatic carbocycles. The maximum Gasteiger partial charge on any atom is 0.119 e. The fourth-order valence-electron chi connectivity index (χ4n) is 3.73. The molecule has 33 heavy (non-hydrogen) atoms. The minimum atomic E-state index is -1.20. The number of hydrogen-bond donors (Lipinski definition) is 0. The van der Waals surface area contributed by atoms with Gasteiger partial charge < -0.3 is 24.1 Å². The molecule has 0 N–H and O–H groups in total. The van der Waals surface area contributed by atoms with E-state index in [1.165, 1.54) is 38.5 Å². The summed E-state index contributed by atoms with van der Waals surface area (Å²) in [6.07, 6.45) is 9.94. The van der Waals surface area contributed by atoms with Crippen LogP contribution < -0.4 is 14.6 Å². The molecule has 0 unspecified atom stereocenters. The highest BCUT2D eigenvalue weighted by Gasteiger charge is 2.10. The van der Waals surface area contributed by atoms with Crippen LogP contribution in [0.15, 0.2) is 42.5 Å². The van der Waals surface area contributed by atoms with E-state index in [4.69, 9.17) is 14.2 Å². The predicted octanol–water partition coefficient (Wildman–Crippen LogP) is 6.04. The van der Waals surface area contributed by atoms with Gasteiger partial charge in [-0.3, -0.25) is 0 Å². The lowest BCUT2D eigenvalue weighted by molar-refractivity contribution is -0.254. The zero-order valence-electron chi connectivity index (χ0n) is 20.4. The van der Waals surface area contributed by atoms with Crippen molar-refractivity contribution in [2.45, 2.75) is 78.2 Å². The molecular weight excluding hydrogens is 416 g/mol. The van der Waals surface area contributed by atoms with E-state index in [0.717, 1.165) is 18.4 Å². The van der Waals surface area contributed by atoms with Crippen LogP contribution in [0, 0.1) is 0 Å². The molecule has 0 saturated heterocycles. The van der Waals surface area contributed by atoms with Gasteiger partial charge in [0, 0.05) is 12.2 Å². The molecule has 0 saturated carbocycles. The van der Waals surface area contributed by atoms with Gasteiger partial charge in [0.05, 0.1) is 18.7 Å². The van der Waals surface area contributed by atoms with Crippen molar-refractivity contribution >= 4 is 5.97 Å². The highest BCUT2D eigenvalue weighted by molar-refractivity contribution is 5.95. The van der Waals surface area contributed by atoms with Gasteiger partial charge in [-0.1, -0.05) is 64.0 Å². The van der Waals surface area contributed by atoms with Crippen LogP contribution in [0.3, 0.4) is 0 Å². The number of hydrogen-bond acceptors (Lipinski definition) is 5. The number of carboxylic acid groups (broad SMARTS) is 1. The third kappa shape index (κ3) is 9.87. The molecular formula is C28H39O5-. The lowest BCUT2D eigenvalue weighted by Crippen LogP contribution is -2.23. The molecule has 0 heterocycles. The quantitative estimate of drug-likeness (QED) is 0.272. The van der Waals surface area contributed by atoms with E-state index < -0.39 is 5.97 Å². The van der Waals surface area contributed by atoms with Crippen molar-refractivity contribution in [1.82, 2.24) is 0 Å². The first-order chi connectivity index (χ1) is 16.0. The molecule has 1 atom stereocenters. The largest absolute Gasteiger partial charge is 0.545 e. The van der Waals surface area contributed by atoms with E-state index >= 15 is 0 Å². The van der Waals surface area contributed by atoms with E-state index in [9.17, 15) is 9.90 Å². The molecule has 2 aromatic rings. The van der Waals surface area contributed by atoms with E-state index in [0.29, 0.717) is 36.9 Å². The Balaban J connectivity index is 1.92. The van der Waals surface area contributed by atoms with E-state index in [-0.39, 0.29) is 11.7 Å². The van der Waals surface area contributed by atoms with Crippen LogP contribution in [-0.2, 0) is 4.74 Å². The number of ether oxygens (including phenoxy) is 3. The minimum absolute atomic E-state index is 0.00857. The van der Waals surface area contributed by atoms with Gasteiger partial charge in [-0.2, -0.15) is 0 Å². The molecule has 0 aromatic heterocycles. The third-order valence-electron chi connectivity index (χ3n) is 5.58. The average molecular weight is 456 g/mol. The van der Waals surface area contributed by atoms with Crippen LogP contribution in [0.1, 0.15) is 82.5 Å². The number of aromatic carboxylic acids is 1. The molecule has 0 fully saturated rings. The van der Waals surface area contributed by atoms with Crippen molar-refractivity contribution in [3.05, 3.63) is 48.0 Å². The average Bonchev–Trinajstić information content (AvgIpc) is 2.82. The number of unbranched alkanes of at least 4 members (excludes halogenated alkanes) is 7. The Morgan fingerprint density at radius 2 is 1.48 bits per heavy atom. The lowest BCUT2D eigenvalue weighted by Gasteiger charge is -2.15. The van der Waals surface area contributed by atoms with E-state index in [1.54, 1.807) is 18.2 Å². The number of rotatable bonds is 17. The van der Waals surface area contributed by atoms with Crippen LogP contribution in [0.5, 0.6) is 11.5 Å². The second kappa shape index (κ2) is 15.3. The Bertz CT molecular complexity index is 816. The van der Waals surface area contributed by atoms with Crippen molar-refractivity contribution in [2.24, 2.45) is 0 Å². The molecule has 0 bridgehead atoms. The zero-order chi connectivity index (χ0) is 23.9. The summed E-state index contributed by atoms with van der Waals surface area (Å²) in [6.45, 7) is 7.88. The standard InChI is InChI=1S/C28H40O5/c1-4-6-7-8-9-10-11-12-19-32-25-17-18-26(28(29)30)27(20-25)23-13-15-24(16-14-23)33-21-22(3)31-5-2/h13-18,20,22H,4-12,19,21H2,1-3H3,(H,29,30)/p-1/t22-/m0/s1. The zero-order valence-corrected chi connectivity index (χ0v) is 20.4. The first-order valence-electron chi connectivity index (χ1n) is 12.4. The van der Waals surface area contributed by atoms with Gasteiger partial charge in [0.1, 0.15) is 18.1 Å². The van der Waals surface area contributed by atoms with Gasteiger partial charge in [-0.05, 0) is 61.7 Å². The number of carbonyl (C=O) groups is 1. The van der Waals surface area contributed by atoms with Gasteiger partial charge in [0.25, 0.3) is 0 Å². The highest BCUT2D eigenvalue weighted by atomic mass is 16.5. The fraction of sp³-hybridized carbons (Fsp3) is 0.536. The first-order valence-corrected chi connectivity index (χ1v) is 12.4. The molecule has 182 valence electrons. The number of carboxylic acids is 1. The summed E-state index contributed by atoms with van der Waals surface area (Å²) in [7, 11) is 0. The highest BCUT2D eigenvalue weighted by Crippen LogP contribution is 2.29. The summed E-state index contributed by atoms with van der Waals surface area (Å²) in [5.41, 5.74) is 1.50. The summed E-state index contributed by atoms with van der Waals surface area (Å²) in [5.74, 6) is 0.178. The molecule has 0 amide bonds. The molecule has 5 nitrogen and oxygen atoms in total. The predicted molar refractivity (Wildman–Crippen MR) is 131 cm³/mol. The van der Waals surface area contributed by atoms with Crippen LogP contribution >= 0.6 is 0 Å². The third-order valence-corrected chi connectivity index (χ3v) is 5.58. The second-order valence-electron chi connectivity index (χ2n) is 8.42. The van der Waals surface area contributed by atoms with Gasteiger partial charge in [0.2, 0.25) is 0 Å². The topological polar surface area (TPSA) is 67.8 Å². The van der Waals surface area contributed by atoms with Crippen molar-refractivity contribution in [2.75, 3.05) is 19.8 Å². The molecule has 5 heteroatoms. The van der Waals surface area contributed by atoms with Crippen molar-refractivity contribution < 1.29 is 24.1 Å². The summed E-state index contributed by atoms with van der Waals surface area (Å²) < 4.78 is 17.1. The monoisotopic (exact) mass is 455 g/mol. The van der Waals surface area contributed by atoms with E-state index in [2.05, 4.69) is 6.92 Å². The normalized spacial score (nSPS) is 11.8. The van der Waals surface area contributed by atoms with Crippen LogP contribution in [0.25, 0.3) is 11.1 Å². The summed E-state index contributed by atoms with van der Waals surface area (Å²) in [5, 5.41) is 11.6. The smallest absolute Gasteiger partial charge is 0.119 e. The Labute approximate surface area is 199 Å². The fourth-order valence-corrected chi connectivity index (χ4v) is 3.73. The Hall–Kier alpha value is -2.53. The Morgan fingerprint density at radius 1 is 0.848 bits per heavy atom. The Morgan fingerprint density at radius 3 is 2.12 bits per heavy atom. The summed E-state index contributed by atoms with van der Waals surface area (Å²) in [6, 6.07) is 12.4. The maximum atomic E-state index is 11.6. The van der Waals surface area contributed by atoms with Gasteiger partial charge in [0.15, 0.2) is 0 Å². The van der Waals surface area contributed by atoms with Crippen molar-refractivity contribution in [1.29, 1.82) is 0 Å². The van der Waals surface area contributed by atoms with Crippen LogP contribution in [0.4, 0.5) is 0 Å². The van der Waals surface area contributed by atoms with Crippen LogP contribution in [-0.4, -0.2) is 31.9 Å². The van der Waals surface area contributed by atoms with Gasteiger partial charge >= 0.3 is 0 Å². The Kier molecular flexibility index (Phi) is 12.4. The number of benzene rings is 2. The summed E-state index contributed by atoms with van der Waals surface area (Å²) in [4.78, 5) is 11.6. The molecule has 0 aliphatic rings. The summed E-state index contributed by atoms with van der Waals surface area (Å²) >= 11 is 0.